The number of nitro groups is 1. The molecule has 3 aromatic rings. The Balaban J connectivity index is 1.67. The third-order valence-corrected chi connectivity index (χ3v) is 6.19. The van der Waals surface area contributed by atoms with E-state index in [1.807, 2.05) is 0 Å². The molecular weight excluding hydrogens is 408 g/mol. The van der Waals surface area contributed by atoms with Crippen molar-refractivity contribution in [2.24, 2.45) is 0 Å². The molecule has 0 atom stereocenters. The standard InChI is InChI=1S/C21H18N2O6S/c1-22(18-5-3-2-4-6-18)30(27,28)20-13-9-17(10-14-20)21(24)29-15-16-7-11-19(12-8-16)23(25)26/h2-14H,15H2,1H3. The zero-order valence-corrected chi connectivity index (χ0v) is 16.8. The number of benzene rings is 3. The summed E-state index contributed by atoms with van der Waals surface area (Å²) in [5, 5.41) is 10.7. The normalized spacial score (nSPS) is 11.0. The van der Waals surface area contributed by atoms with Gasteiger partial charge in [-0.1, -0.05) is 18.2 Å². The number of nitro benzene ring substituents is 1. The first-order valence-electron chi connectivity index (χ1n) is 8.83. The molecule has 0 heterocycles. The number of rotatable bonds is 7. The highest BCUT2D eigenvalue weighted by Crippen LogP contribution is 2.22. The van der Waals surface area contributed by atoms with Crippen LogP contribution in [0.4, 0.5) is 11.4 Å². The second-order valence-electron chi connectivity index (χ2n) is 6.33. The first kappa shape index (κ1) is 21.0. The summed E-state index contributed by atoms with van der Waals surface area (Å²) in [6, 6.07) is 19.7. The average Bonchev–Trinajstić information content (AvgIpc) is 2.77. The van der Waals surface area contributed by atoms with Crippen LogP contribution < -0.4 is 4.31 Å². The Labute approximate surface area is 173 Å². The van der Waals surface area contributed by atoms with Crippen LogP contribution in [-0.4, -0.2) is 26.4 Å². The molecule has 0 fully saturated rings. The molecule has 0 saturated carbocycles. The molecule has 0 N–H and O–H groups in total. The van der Waals surface area contributed by atoms with Crippen molar-refractivity contribution in [1.82, 2.24) is 0 Å². The van der Waals surface area contributed by atoms with Crippen molar-refractivity contribution in [2.45, 2.75) is 11.5 Å². The van der Waals surface area contributed by atoms with Crippen molar-refractivity contribution >= 4 is 27.4 Å². The van der Waals surface area contributed by atoms with Crippen molar-refractivity contribution in [3.8, 4) is 0 Å². The maximum atomic E-state index is 12.8. The first-order valence-corrected chi connectivity index (χ1v) is 10.3. The molecule has 0 unspecified atom stereocenters. The largest absolute Gasteiger partial charge is 0.457 e. The van der Waals surface area contributed by atoms with E-state index >= 15 is 0 Å². The van der Waals surface area contributed by atoms with Crippen LogP contribution in [0, 0.1) is 10.1 Å². The maximum absolute atomic E-state index is 12.8. The van der Waals surface area contributed by atoms with Gasteiger partial charge in [-0.15, -0.1) is 0 Å². The SMILES string of the molecule is CN(c1ccccc1)S(=O)(=O)c1ccc(C(=O)OCc2ccc([N+](=O)[O-])cc2)cc1. The Morgan fingerprint density at radius 3 is 2.13 bits per heavy atom. The van der Waals surface area contributed by atoms with Gasteiger partial charge in [0.25, 0.3) is 15.7 Å². The summed E-state index contributed by atoms with van der Waals surface area (Å²) in [4.78, 5) is 22.4. The fourth-order valence-electron chi connectivity index (χ4n) is 2.64. The lowest BCUT2D eigenvalue weighted by atomic mass is 10.2. The van der Waals surface area contributed by atoms with Crippen LogP contribution >= 0.6 is 0 Å². The lowest BCUT2D eigenvalue weighted by Crippen LogP contribution is -2.26. The monoisotopic (exact) mass is 426 g/mol. The Morgan fingerprint density at radius 2 is 1.57 bits per heavy atom. The van der Waals surface area contributed by atoms with E-state index in [2.05, 4.69) is 0 Å². The van der Waals surface area contributed by atoms with E-state index in [1.54, 1.807) is 30.3 Å². The molecule has 3 rings (SSSR count). The topological polar surface area (TPSA) is 107 Å². The van der Waals surface area contributed by atoms with Gasteiger partial charge in [-0.2, -0.15) is 0 Å². The molecule has 0 aliphatic carbocycles. The number of carbonyl (C=O) groups excluding carboxylic acids is 1. The summed E-state index contributed by atoms with van der Waals surface area (Å²) < 4.78 is 31.9. The predicted octanol–water partition coefficient (Wildman–Crippen LogP) is 3.78. The van der Waals surface area contributed by atoms with Crippen molar-refractivity contribution in [1.29, 1.82) is 0 Å². The van der Waals surface area contributed by atoms with Crippen molar-refractivity contribution in [3.63, 3.8) is 0 Å². The van der Waals surface area contributed by atoms with E-state index in [1.165, 1.54) is 55.6 Å². The zero-order valence-electron chi connectivity index (χ0n) is 16.0. The number of non-ortho nitro benzene ring substituents is 1. The maximum Gasteiger partial charge on any atom is 0.338 e. The van der Waals surface area contributed by atoms with Gasteiger partial charge in [-0.05, 0) is 54.1 Å². The molecule has 0 spiro atoms. The Hall–Kier alpha value is -3.72. The molecule has 0 bridgehead atoms. The van der Waals surface area contributed by atoms with Crippen molar-refractivity contribution in [3.05, 3.63) is 100 Å². The van der Waals surface area contributed by atoms with Crippen LogP contribution in [0.3, 0.4) is 0 Å². The number of nitrogens with zero attached hydrogens (tertiary/aromatic N) is 2. The van der Waals surface area contributed by atoms with Crippen LogP contribution in [0.1, 0.15) is 15.9 Å². The van der Waals surface area contributed by atoms with E-state index in [4.69, 9.17) is 4.74 Å². The minimum absolute atomic E-state index is 0.0424. The van der Waals surface area contributed by atoms with Crippen LogP contribution in [0.2, 0.25) is 0 Å². The predicted molar refractivity (Wildman–Crippen MR) is 111 cm³/mol. The van der Waals surface area contributed by atoms with Gasteiger partial charge in [-0.3, -0.25) is 14.4 Å². The molecule has 0 radical (unpaired) electrons. The van der Waals surface area contributed by atoms with Gasteiger partial charge in [0.05, 0.1) is 21.1 Å². The summed E-state index contributed by atoms with van der Waals surface area (Å²) in [5.41, 5.74) is 1.25. The molecule has 0 saturated heterocycles. The minimum atomic E-state index is -3.77. The number of para-hydroxylation sites is 1. The Bertz CT molecular complexity index is 1140. The van der Waals surface area contributed by atoms with Gasteiger partial charge < -0.3 is 4.74 Å². The average molecular weight is 426 g/mol. The van der Waals surface area contributed by atoms with Crippen molar-refractivity contribution in [2.75, 3.05) is 11.4 Å². The number of hydrogen-bond donors (Lipinski definition) is 0. The summed E-state index contributed by atoms with van der Waals surface area (Å²) >= 11 is 0. The van der Waals surface area contributed by atoms with Gasteiger partial charge in [0.2, 0.25) is 0 Å². The molecule has 30 heavy (non-hydrogen) atoms. The van der Waals surface area contributed by atoms with E-state index < -0.39 is 20.9 Å². The molecule has 0 aromatic heterocycles. The molecule has 3 aromatic carbocycles. The second-order valence-corrected chi connectivity index (χ2v) is 8.30. The fourth-order valence-corrected chi connectivity index (χ4v) is 3.84. The molecule has 0 amide bonds. The van der Waals surface area contributed by atoms with Gasteiger partial charge in [0, 0.05) is 19.2 Å². The highest BCUT2D eigenvalue weighted by molar-refractivity contribution is 7.92. The number of sulfonamides is 1. The summed E-state index contributed by atoms with van der Waals surface area (Å²) in [5.74, 6) is -0.631. The van der Waals surface area contributed by atoms with Gasteiger partial charge in [-0.25, -0.2) is 13.2 Å². The van der Waals surface area contributed by atoms with Crippen molar-refractivity contribution < 1.29 is 22.9 Å². The lowest BCUT2D eigenvalue weighted by molar-refractivity contribution is -0.384. The Morgan fingerprint density at radius 1 is 0.967 bits per heavy atom. The third kappa shape index (κ3) is 4.64. The molecule has 8 nitrogen and oxygen atoms in total. The Kier molecular flexibility index (Phi) is 6.12. The van der Waals surface area contributed by atoms with E-state index in [0.29, 0.717) is 11.3 Å². The third-order valence-electron chi connectivity index (χ3n) is 4.39. The number of ether oxygens (including phenoxy) is 1. The van der Waals surface area contributed by atoms with Gasteiger partial charge in [0.15, 0.2) is 0 Å². The number of carbonyl (C=O) groups is 1. The van der Waals surface area contributed by atoms with Crippen LogP contribution in [0.25, 0.3) is 0 Å². The second kappa shape index (κ2) is 8.75. The summed E-state index contributed by atoms with van der Waals surface area (Å²) in [6.45, 7) is -0.0619. The van der Waals surface area contributed by atoms with E-state index in [9.17, 15) is 23.3 Å². The summed E-state index contributed by atoms with van der Waals surface area (Å²) in [7, 11) is -2.32. The number of esters is 1. The highest BCUT2D eigenvalue weighted by Gasteiger charge is 2.21. The van der Waals surface area contributed by atoms with Crippen LogP contribution in [-0.2, 0) is 21.4 Å². The summed E-state index contributed by atoms with van der Waals surface area (Å²) in [6.07, 6.45) is 0. The fraction of sp³-hybridized carbons (Fsp3) is 0.0952. The lowest BCUT2D eigenvalue weighted by Gasteiger charge is -2.19. The highest BCUT2D eigenvalue weighted by atomic mass is 32.2. The van der Waals surface area contributed by atoms with Crippen LogP contribution in [0.15, 0.2) is 83.8 Å². The molecule has 0 aliphatic rings. The zero-order chi connectivity index (χ0) is 21.7. The minimum Gasteiger partial charge on any atom is -0.457 e. The number of hydrogen-bond acceptors (Lipinski definition) is 6. The smallest absolute Gasteiger partial charge is 0.338 e. The molecule has 154 valence electrons. The quantitative estimate of drug-likeness (QED) is 0.323. The van der Waals surface area contributed by atoms with Crippen LogP contribution in [0.5, 0.6) is 0 Å². The van der Waals surface area contributed by atoms with Gasteiger partial charge in [0.1, 0.15) is 6.61 Å². The van der Waals surface area contributed by atoms with E-state index in [0.717, 1.165) is 4.31 Å². The molecular formula is C21H18N2O6S. The first-order chi connectivity index (χ1) is 14.3. The molecule has 0 aliphatic heterocycles. The van der Waals surface area contributed by atoms with Gasteiger partial charge >= 0.3 is 5.97 Å². The molecule has 9 heteroatoms. The number of anilines is 1. The van der Waals surface area contributed by atoms with E-state index in [-0.39, 0.29) is 22.8 Å².